The van der Waals surface area contributed by atoms with E-state index in [0.717, 1.165) is 11.1 Å². The van der Waals surface area contributed by atoms with Crippen LogP contribution in [0, 0.1) is 19.8 Å². The van der Waals surface area contributed by atoms with E-state index in [4.69, 9.17) is 11.6 Å². The van der Waals surface area contributed by atoms with Crippen molar-refractivity contribution in [1.82, 2.24) is 4.31 Å². The molecular weight excluding hydrogens is 298 g/mol. The smallest absolute Gasteiger partial charge is 0.243 e. The van der Waals surface area contributed by atoms with Crippen LogP contribution in [0.4, 0.5) is 0 Å². The van der Waals surface area contributed by atoms with E-state index >= 15 is 0 Å². The monoisotopic (exact) mass is 315 g/mol. The molecule has 0 N–H and O–H groups in total. The normalized spacial score (nSPS) is 18.1. The van der Waals surface area contributed by atoms with Crippen LogP contribution in [0.3, 0.4) is 0 Å². The van der Waals surface area contributed by atoms with Gasteiger partial charge in [-0.15, -0.1) is 0 Å². The minimum Gasteiger partial charge on any atom is -0.281 e. The number of carbonyl (C=O) groups excluding carboxylic acids is 1. The van der Waals surface area contributed by atoms with Crippen molar-refractivity contribution in [2.24, 2.45) is 5.92 Å². The van der Waals surface area contributed by atoms with Crippen molar-refractivity contribution in [3.05, 3.63) is 29.3 Å². The van der Waals surface area contributed by atoms with Gasteiger partial charge < -0.3 is 0 Å². The third-order valence-electron chi connectivity index (χ3n) is 3.72. The Balaban J connectivity index is 2.22. The Hall–Kier alpha value is -0.910. The van der Waals surface area contributed by atoms with Crippen LogP contribution in [0.15, 0.2) is 23.1 Å². The Morgan fingerprint density at radius 2 is 1.85 bits per heavy atom. The summed E-state index contributed by atoms with van der Waals surface area (Å²) >= 11 is 5.47. The summed E-state index contributed by atoms with van der Waals surface area (Å²) in [5.41, 5.74) is 1.79. The first-order chi connectivity index (χ1) is 9.32. The highest BCUT2D eigenvalue weighted by molar-refractivity contribution is 7.89. The summed E-state index contributed by atoms with van der Waals surface area (Å²) < 4.78 is 26.7. The molecule has 1 heterocycles. The maximum absolute atomic E-state index is 12.6. The topological polar surface area (TPSA) is 54.5 Å². The Bertz CT molecular complexity index is 619. The number of rotatable bonds is 3. The molecule has 1 aromatic rings. The zero-order valence-corrected chi connectivity index (χ0v) is 13.2. The number of aryl methyl sites for hydroxylation is 2. The highest BCUT2D eigenvalue weighted by Gasteiger charge is 2.32. The summed E-state index contributed by atoms with van der Waals surface area (Å²) in [6, 6.07) is 5.32. The van der Waals surface area contributed by atoms with E-state index in [1.165, 1.54) is 4.31 Å². The van der Waals surface area contributed by atoms with Gasteiger partial charge in [0.1, 0.15) is 0 Å². The van der Waals surface area contributed by atoms with E-state index in [2.05, 4.69) is 0 Å². The molecular formula is C14H18ClNO3S. The van der Waals surface area contributed by atoms with Crippen LogP contribution in [0.25, 0.3) is 0 Å². The first kappa shape index (κ1) is 15.5. The predicted molar refractivity (Wildman–Crippen MR) is 78.3 cm³/mol. The number of piperidine rings is 1. The molecule has 1 saturated heterocycles. The molecule has 1 aromatic carbocycles. The lowest BCUT2D eigenvalue weighted by atomic mass is 10.00. The molecule has 0 spiro atoms. The van der Waals surface area contributed by atoms with Gasteiger partial charge in [0.2, 0.25) is 15.3 Å². The molecule has 0 aromatic heterocycles. The van der Waals surface area contributed by atoms with Crippen molar-refractivity contribution >= 4 is 26.9 Å². The number of hydrogen-bond acceptors (Lipinski definition) is 3. The van der Waals surface area contributed by atoms with E-state index in [1.54, 1.807) is 19.1 Å². The van der Waals surface area contributed by atoms with Crippen LogP contribution in [0.2, 0.25) is 0 Å². The molecule has 20 heavy (non-hydrogen) atoms. The third kappa shape index (κ3) is 3.05. The number of hydrogen-bond donors (Lipinski definition) is 0. The number of halogens is 1. The molecule has 1 aliphatic heterocycles. The zero-order valence-electron chi connectivity index (χ0n) is 11.6. The second-order valence-corrected chi connectivity index (χ2v) is 7.53. The van der Waals surface area contributed by atoms with Crippen molar-refractivity contribution in [1.29, 1.82) is 0 Å². The van der Waals surface area contributed by atoms with Crippen molar-refractivity contribution in [3.8, 4) is 0 Å². The molecule has 0 atom stereocenters. The summed E-state index contributed by atoms with van der Waals surface area (Å²) in [4.78, 5) is 11.5. The molecule has 1 aliphatic rings. The minimum absolute atomic E-state index is 0.220. The molecule has 110 valence electrons. The Labute approximate surface area is 124 Å². The van der Waals surface area contributed by atoms with Crippen molar-refractivity contribution in [3.63, 3.8) is 0 Å². The molecule has 0 aliphatic carbocycles. The van der Waals surface area contributed by atoms with Gasteiger partial charge in [-0.2, -0.15) is 4.31 Å². The molecule has 4 nitrogen and oxygen atoms in total. The number of carbonyl (C=O) groups is 1. The average Bonchev–Trinajstić information content (AvgIpc) is 2.38. The summed E-state index contributed by atoms with van der Waals surface area (Å²) in [7, 11) is -3.48. The standard InChI is InChI=1S/C14H18ClNO3S/c1-10-3-4-13(11(2)9-10)20(18,19)16-7-5-12(6-8-16)14(15)17/h3-4,9,12H,5-8H2,1-2H3. The van der Waals surface area contributed by atoms with Gasteiger partial charge in [0.05, 0.1) is 4.90 Å². The van der Waals surface area contributed by atoms with Gasteiger partial charge >= 0.3 is 0 Å². The van der Waals surface area contributed by atoms with Crippen molar-refractivity contribution in [2.75, 3.05) is 13.1 Å². The first-order valence-electron chi connectivity index (χ1n) is 6.59. The number of benzene rings is 1. The summed E-state index contributed by atoms with van der Waals surface area (Å²) in [6.07, 6.45) is 0.985. The Morgan fingerprint density at radius 3 is 2.35 bits per heavy atom. The SMILES string of the molecule is Cc1ccc(S(=O)(=O)N2CCC(C(=O)Cl)CC2)c(C)c1. The predicted octanol–water partition coefficient (Wildman–Crippen LogP) is 2.47. The van der Waals surface area contributed by atoms with Crippen LogP contribution in [-0.4, -0.2) is 31.1 Å². The number of sulfonamides is 1. The Morgan fingerprint density at radius 1 is 1.25 bits per heavy atom. The molecule has 0 unspecified atom stereocenters. The quantitative estimate of drug-likeness (QED) is 0.805. The van der Waals surface area contributed by atoms with E-state index in [-0.39, 0.29) is 11.2 Å². The van der Waals surface area contributed by atoms with Crippen molar-refractivity contribution in [2.45, 2.75) is 31.6 Å². The van der Waals surface area contributed by atoms with Gasteiger partial charge in [-0.25, -0.2) is 8.42 Å². The van der Waals surface area contributed by atoms with Crippen LogP contribution in [0.1, 0.15) is 24.0 Å². The number of nitrogens with zero attached hydrogens (tertiary/aromatic N) is 1. The van der Waals surface area contributed by atoms with Crippen molar-refractivity contribution < 1.29 is 13.2 Å². The highest BCUT2D eigenvalue weighted by atomic mass is 35.5. The fraction of sp³-hybridized carbons (Fsp3) is 0.500. The molecule has 0 radical (unpaired) electrons. The van der Waals surface area contributed by atoms with Gasteiger partial charge in [0.25, 0.3) is 0 Å². The molecule has 2 rings (SSSR count). The fourth-order valence-electron chi connectivity index (χ4n) is 2.55. The summed E-state index contributed by atoms with van der Waals surface area (Å²) in [5.74, 6) is -0.220. The van der Waals surface area contributed by atoms with Crippen LogP contribution in [0.5, 0.6) is 0 Å². The van der Waals surface area contributed by atoms with Gasteiger partial charge in [-0.1, -0.05) is 17.7 Å². The zero-order chi connectivity index (χ0) is 14.9. The highest BCUT2D eigenvalue weighted by Crippen LogP contribution is 2.26. The average molecular weight is 316 g/mol. The van der Waals surface area contributed by atoms with Crippen LogP contribution < -0.4 is 0 Å². The largest absolute Gasteiger partial charge is 0.281 e. The van der Waals surface area contributed by atoms with Gasteiger partial charge in [-0.3, -0.25) is 4.79 Å². The van der Waals surface area contributed by atoms with Gasteiger partial charge in [0, 0.05) is 19.0 Å². The van der Waals surface area contributed by atoms with Gasteiger partial charge in [-0.05, 0) is 49.9 Å². The van der Waals surface area contributed by atoms with E-state index in [1.807, 2.05) is 13.0 Å². The van der Waals surface area contributed by atoms with Gasteiger partial charge in [0.15, 0.2) is 0 Å². The Kier molecular flexibility index (Phi) is 4.52. The van der Waals surface area contributed by atoms with Crippen LogP contribution >= 0.6 is 11.6 Å². The van der Waals surface area contributed by atoms with Crippen LogP contribution in [-0.2, 0) is 14.8 Å². The first-order valence-corrected chi connectivity index (χ1v) is 8.41. The molecule has 6 heteroatoms. The molecule has 0 saturated carbocycles. The van der Waals surface area contributed by atoms with E-state index in [0.29, 0.717) is 30.8 Å². The lowest BCUT2D eigenvalue weighted by molar-refractivity contribution is -0.116. The molecule has 0 amide bonds. The fourth-order valence-corrected chi connectivity index (χ4v) is 4.44. The maximum Gasteiger partial charge on any atom is 0.243 e. The summed E-state index contributed by atoms with van der Waals surface area (Å²) in [6.45, 7) is 4.42. The second-order valence-electron chi connectivity index (χ2n) is 5.25. The minimum atomic E-state index is -3.48. The van der Waals surface area contributed by atoms with E-state index in [9.17, 15) is 13.2 Å². The lowest BCUT2D eigenvalue weighted by Crippen LogP contribution is -2.39. The summed E-state index contributed by atoms with van der Waals surface area (Å²) in [5, 5.41) is -0.367. The molecule has 0 bridgehead atoms. The maximum atomic E-state index is 12.6. The lowest BCUT2D eigenvalue weighted by Gasteiger charge is -2.30. The van der Waals surface area contributed by atoms with E-state index < -0.39 is 10.0 Å². The third-order valence-corrected chi connectivity index (χ3v) is 6.09. The molecule has 1 fully saturated rings. The second kappa shape index (κ2) is 5.84.